The second kappa shape index (κ2) is 12.3. The number of anilines is 1. The molecule has 0 fully saturated rings. The van der Waals surface area contributed by atoms with E-state index in [1.165, 1.54) is 23.9 Å². The van der Waals surface area contributed by atoms with Crippen LogP contribution in [0.2, 0.25) is 0 Å². The first-order valence-corrected chi connectivity index (χ1v) is 12.7. The fourth-order valence-electron chi connectivity index (χ4n) is 3.57. The quantitative estimate of drug-likeness (QED) is 0.159. The van der Waals surface area contributed by atoms with Crippen LogP contribution in [-0.4, -0.2) is 37.3 Å². The van der Waals surface area contributed by atoms with E-state index in [1.807, 2.05) is 37.5 Å². The highest BCUT2D eigenvalue weighted by atomic mass is 32.2. The minimum Gasteiger partial charge on any atom is -0.342 e. The number of hydrogen-bond acceptors (Lipinski definition) is 7. The van der Waals surface area contributed by atoms with E-state index in [-0.39, 0.29) is 29.2 Å². The van der Waals surface area contributed by atoms with Gasteiger partial charge >= 0.3 is 0 Å². The number of thioether (sulfide) groups is 1. The second-order valence-electron chi connectivity index (χ2n) is 8.89. The van der Waals surface area contributed by atoms with Crippen molar-refractivity contribution in [2.24, 2.45) is 5.92 Å². The molecular weight excluding hydrogens is 492 g/mol. The Kier molecular flexibility index (Phi) is 9.18. The minimum atomic E-state index is -0.508. The third kappa shape index (κ3) is 7.04. The van der Waals surface area contributed by atoms with E-state index in [1.54, 1.807) is 31.2 Å². The van der Waals surface area contributed by atoms with Gasteiger partial charge in [0.1, 0.15) is 0 Å². The summed E-state index contributed by atoms with van der Waals surface area (Å²) < 4.78 is 1.82. The molecule has 0 radical (unpaired) electrons. The van der Waals surface area contributed by atoms with Gasteiger partial charge in [-0.15, -0.1) is 16.8 Å². The summed E-state index contributed by atoms with van der Waals surface area (Å²) in [5.74, 6) is 0.0385. The summed E-state index contributed by atoms with van der Waals surface area (Å²) in [5.41, 5.74) is 2.61. The van der Waals surface area contributed by atoms with E-state index >= 15 is 0 Å². The van der Waals surface area contributed by atoms with Crippen LogP contribution in [0.15, 0.2) is 60.3 Å². The number of nitrogens with one attached hydrogen (secondary N) is 2. The molecule has 3 aromatic rings. The van der Waals surface area contributed by atoms with Crippen LogP contribution >= 0.6 is 11.8 Å². The van der Waals surface area contributed by atoms with Crippen LogP contribution in [0.1, 0.15) is 47.2 Å². The molecule has 0 aliphatic carbocycles. The third-order valence-electron chi connectivity index (χ3n) is 5.64. The number of nitro groups is 1. The number of aryl methyl sites for hydroxylation is 2. The molecule has 0 aliphatic heterocycles. The first-order chi connectivity index (χ1) is 17.6. The maximum Gasteiger partial charge on any atom is 0.271 e. The lowest BCUT2D eigenvalue weighted by molar-refractivity contribution is -0.384. The van der Waals surface area contributed by atoms with Crippen LogP contribution in [0.4, 0.5) is 11.4 Å². The zero-order chi connectivity index (χ0) is 27.1. The van der Waals surface area contributed by atoms with Gasteiger partial charge < -0.3 is 15.2 Å². The number of benzene rings is 2. The summed E-state index contributed by atoms with van der Waals surface area (Å²) >= 11 is 1.18. The van der Waals surface area contributed by atoms with Gasteiger partial charge in [-0.3, -0.25) is 19.7 Å². The van der Waals surface area contributed by atoms with Gasteiger partial charge in [0.25, 0.3) is 11.6 Å². The van der Waals surface area contributed by atoms with E-state index in [0.29, 0.717) is 34.3 Å². The van der Waals surface area contributed by atoms with E-state index in [4.69, 9.17) is 0 Å². The molecule has 0 aliphatic rings. The Balaban J connectivity index is 1.76. The Morgan fingerprint density at radius 1 is 1.16 bits per heavy atom. The first kappa shape index (κ1) is 27.6. The summed E-state index contributed by atoms with van der Waals surface area (Å²) in [5, 5.41) is 26.0. The molecule has 1 atom stereocenters. The SMILES string of the molecule is C=CCn1c(SCC(=O)Nc2cc([N+](=O)[O-])ccc2C)nnc1[C@H](NC(=O)c1ccc(C)cc1)C(C)C. The van der Waals surface area contributed by atoms with Gasteiger partial charge in [0, 0.05) is 24.2 Å². The molecule has 0 saturated heterocycles. The van der Waals surface area contributed by atoms with Crippen LogP contribution in [0.5, 0.6) is 0 Å². The Bertz CT molecular complexity index is 1300. The molecule has 0 bridgehead atoms. The molecule has 0 unspecified atom stereocenters. The van der Waals surface area contributed by atoms with E-state index < -0.39 is 11.0 Å². The number of non-ortho nitro benzene ring substituents is 1. The van der Waals surface area contributed by atoms with Gasteiger partial charge in [-0.25, -0.2) is 0 Å². The van der Waals surface area contributed by atoms with Crippen LogP contribution in [-0.2, 0) is 11.3 Å². The van der Waals surface area contributed by atoms with Crippen molar-refractivity contribution in [3.8, 4) is 0 Å². The molecular formula is C26H30N6O4S. The maximum atomic E-state index is 12.9. The summed E-state index contributed by atoms with van der Waals surface area (Å²) in [6, 6.07) is 11.2. The van der Waals surface area contributed by atoms with Gasteiger partial charge in [0.2, 0.25) is 5.91 Å². The second-order valence-corrected chi connectivity index (χ2v) is 9.84. The fraction of sp³-hybridized carbons (Fsp3) is 0.308. The molecule has 194 valence electrons. The molecule has 0 spiro atoms. The molecule has 2 amide bonds. The third-order valence-corrected chi connectivity index (χ3v) is 6.61. The lowest BCUT2D eigenvalue weighted by Gasteiger charge is -2.22. The number of hydrogen-bond donors (Lipinski definition) is 2. The summed E-state index contributed by atoms with van der Waals surface area (Å²) in [6.07, 6.45) is 1.70. The smallest absolute Gasteiger partial charge is 0.271 e. The number of aromatic nitrogens is 3. The summed E-state index contributed by atoms with van der Waals surface area (Å²) in [6.45, 7) is 11.9. The van der Waals surface area contributed by atoms with Crippen LogP contribution < -0.4 is 10.6 Å². The zero-order valence-electron chi connectivity index (χ0n) is 21.2. The number of rotatable bonds is 11. The van der Waals surface area contributed by atoms with Crippen LogP contribution in [0.3, 0.4) is 0 Å². The van der Waals surface area contributed by atoms with Gasteiger partial charge in [0.05, 0.1) is 22.4 Å². The van der Waals surface area contributed by atoms with E-state index in [0.717, 1.165) is 5.56 Å². The predicted molar refractivity (Wildman–Crippen MR) is 144 cm³/mol. The molecule has 3 rings (SSSR count). The van der Waals surface area contributed by atoms with Gasteiger partial charge in [-0.1, -0.05) is 55.4 Å². The van der Waals surface area contributed by atoms with Crippen molar-refractivity contribution in [1.29, 1.82) is 0 Å². The zero-order valence-corrected chi connectivity index (χ0v) is 22.0. The van der Waals surface area contributed by atoms with Crippen molar-refractivity contribution < 1.29 is 14.5 Å². The summed E-state index contributed by atoms with van der Waals surface area (Å²) in [4.78, 5) is 36.1. The average molecular weight is 523 g/mol. The number of nitro benzene ring substituents is 1. The number of nitrogens with zero attached hydrogens (tertiary/aromatic N) is 4. The van der Waals surface area contributed by atoms with E-state index in [2.05, 4.69) is 27.4 Å². The van der Waals surface area contributed by atoms with Crippen molar-refractivity contribution in [3.63, 3.8) is 0 Å². The maximum absolute atomic E-state index is 12.9. The monoisotopic (exact) mass is 522 g/mol. The molecule has 10 nitrogen and oxygen atoms in total. The standard InChI is InChI=1S/C26H30N6O4S/c1-6-13-31-24(23(16(2)3)28-25(34)19-10-7-17(4)8-11-19)29-30-26(31)37-15-22(33)27-21-14-20(32(35)36)12-9-18(21)5/h6-12,14,16,23H,1,13,15H2,2-5H3,(H,27,33)(H,28,34)/t23-/m1/s1. The number of carbonyl (C=O) groups is 2. The van der Waals surface area contributed by atoms with Crippen LogP contribution in [0, 0.1) is 29.9 Å². The first-order valence-electron chi connectivity index (χ1n) is 11.7. The predicted octanol–water partition coefficient (Wildman–Crippen LogP) is 4.85. The topological polar surface area (TPSA) is 132 Å². The van der Waals surface area contributed by atoms with Crippen molar-refractivity contribution in [2.75, 3.05) is 11.1 Å². The Hall–Kier alpha value is -3.99. The molecule has 2 N–H and O–H groups in total. The highest BCUT2D eigenvalue weighted by Gasteiger charge is 2.26. The molecule has 11 heteroatoms. The van der Waals surface area contributed by atoms with Crippen molar-refractivity contribution >= 4 is 35.0 Å². The Labute approximate surface area is 219 Å². The number of carbonyl (C=O) groups excluding carboxylic acids is 2. The van der Waals surface area contributed by atoms with Crippen molar-refractivity contribution in [1.82, 2.24) is 20.1 Å². The van der Waals surface area contributed by atoms with Gasteiger partial charge in [0.15, 0.2) is 11.0 Å². The van der Waals surface area contributed by atoms with Crippen molar-refractivity contribution in [3.05, 3.63) is 87.7 Å². The van der Waals surface area contributed by atoms with Crippen LogP contribution in [0.25, 0.3) is 0 Å². The van der Waals surface area contributed by atoms with Crippen molar-refractivity contribution in [2.45, 2.75) is 45.4 Å². The number of allylic oxidation sites excluding steroid dienone is 1. The normalized spacial score (nSPS) is 11.7. The minimum absolute atomic E-state index is 0.0134. The Morgan fingerprint density at radius 2 is 1.86 bits per heavy atom. The molecule has 2 aromatic carbocycles. The molecule has 1 heterocycles. The lowest BCUT2D eigenvalue weighted by Crippen LogP contribution is -2.33. The molecule has 0 saturated carbocycles. The summed E-state index contributed by atoms with van der Waals surface area (Å²) in [7, 11) is 0. The Morgan fingerprint density at radius 3 is 2.49 bits per heavy atom. The fourth-order valence-corrected chi connectivity index (χ4v) is 4.33. The average Bonchev–Trinajstić information content (AvgIpc) is 3.24. The van der Waals surface area contributed by atoms with E-state index in [9.17, 15) is 19.7 Å². The highest BCUT2D eigenvalue weighted by Crippen LogP contribution is 2.27. The highest BCUT2D eigenvalue weighted by molar-refractivity contribution is 7.99. The molecule has 1 aromatic heterocycles. The largest absolute Gasteiger partial charge is 0.342 e. The van der Waals surface area contributed by atoms with Gasteiger partial charge in [-0.2, -0.15) is 0 Å². The lowest BCUT2D eigenvalue weighted by atomic mass is 10.0. The number of amides is 2. The molecule has 37 heavy (non-hydrogen) atoms. The van der Waals surface area contributed by atoms with Gasteiger partial charge in [-0.05, 0) is 37.5 Å².